The summed E-state index contributed by atoms with van der Waals surface area (Å²) < 4.78 is 10.5. The van der Waals surface area contributed by atoms with Crippen LogP contribution in [0.15, 0.2) is 18.2 Å². The van der Waals surface area contributed by atoms with Gasteiger partial charge in [0, 0.05) is 13.2 Å². The number of hydrogen-bond acceptors (Lipinski definition) is 4. The van der Waals surface area contributed by atoms with E-state index in [0.29, 0.717) is 18.4 Å². The van der Waals surface area contributed by atoms with Crippen molar-refractivity contribution in [2.45, 2.75) is 25.8 Å². The highest BCUT2D eigenvalue weighted by Gasteiger charge is 2.25. The van der Waals surface area contributed by atoms with E-state index in [2.05, 4.69) is 5.32 Å². The molecule has 1 fully saturated rings. The highest BCUT2D eigenvalue weighted by Crippen LogP contribution is 2.31. The van der Waals surface area contributed by atoms with Gasteiger partial charge in [-0.25, -0.2) is 0 Å². The maximum atomic E-state index is 9.32. The van der Waals surface area contributed by atoms with Gasteiger partial charge in [-0.3, -0.25) is 0 Å². The third-order valence-electron chi connectivity index (χ3n) is 4.23. The lowest BCUT2D eigenvalue weighted by molar-refractivity contribution is 0.192. The summed E-state index contributed by atoms with van der Waals surface area (Å²) in [6.45, 7) is 2.11. The fourth-order valence-corrected chi connectivity index (χ4v) is 3.02. The molecule has 0 heterocycles. The predicted octanol–water partition coefficient (Wildman–Crippen LogP) is 2.20. The van der Waals surface area contributed by atoms with Gasteiger partial charge in [0.2, 0.25) is 0 Å². The van der Waals surface area contributed by atoms with Gasteiger partial charge in [0.15, 0.2) is 11.5 Å². The van der Waals surface area contributed by atoms with Crippen LogP contribution in [0.1, 0.15) is 24.8 Å². The number of hydrogen-bond donors (Lipinski definition) is 2. The number of rotatable bonds is 7. The van der Waals surface area contributed by atoms with Crippen molar-refractivity contribution in [3.63, 3.8) is 0 Å². The van der Waals surface area contributed by atoms with E-state index in [1.54, 1.807) is 14.2 Å². The largest absolute Gasteiger partial charge is 0.493 e. The summed E-state index contributed by atoms with van der Waals surface area (Å²) in [6, 6.07) is 5.98. The van der Waals surface area contributed by atoms with Crippen LogP contribution >= 0.6 is 0 Å². The van der Waals surface area contributed by atoms with E-state index in [1.165, 1.54) is 24.8 Å². The molecule has 0 aliphatic heterocycles. The molecule has 2 N–H and O–H groups in total. The van der Waals surface area contributed by atoms with Crippen molar-refractivity contribution in [1.82, 2.24) is 5.32 Å². The van der Waals surface area contributed by atoms with E-state index in [4.69, 9.17) is 9.47 Å². The van der Waals surface area contributed by atoms with Gasteiger partial charge in [0.05, 0.1) is 14.2 Å². The summed E-state index contributed by atoms with van der Waals surface area (Å²) in [6.07, 6.45) is 3.64. The van der Waals surface area contributed by atoms with E-state index in [-0.39, 0.29) is 0 Å². The average Bonchev–Trinajstić information content (AvgIpc) is 2.94. The molecule has 4 nitrogen and oxygen atoms in total. The average molecular weight is 279 g/mol. The lowest BCUT2D eigenvalue weighted by Gasteiger charge is -2.18. The van der Waals surface area contributed by atoms with Gasteiger partial charge in [0.25, 0.3) is 0 Å². The van der Waals surface area contributed by atoms with Crippen LogP contribution in [-0.2, 0) is 6.54 Å². The highest BCUT2D eigenvalue weighted by atomic mass is 16.5. The van der Waals surface area contributed by atoms with Gasteiger partial charge in [-0.2, -0.15) is 0 Å². The Morgan fingerprint density at radius 2 is 1.90 bits per heavy atom. The van der Waals surface area contributed by atoms with Crippen molar-refractivity contribution >= 4 is 0 Å². The van der Waals surface area contributed by atoms with E-state index in [0.717, 1.165) is 24.6 Å². The number of methoxy groups -OCH3 is 2. The molecule has 0 bridgehead atoms. The van der Waals surface area contributed by atoms with Crippen LogP contribution in [0.25, 0.3) is 0 Å². The Morgan fingerprint density at radius 3 is 2.60 bits per heavy atom. The Bertz CT molecular complexity index is 422. The third-order valence-corrected chi connectivity index (χ3v) is 4.23. The Morgan fingerprint density at radius 1 is 1.15 bits per heavy atom. The van der Waals surface area contributed by atoms with Crippen LogP contribution < -0.4 is 14.8 Å². The first-order valence-corrected chi connectivity index (χ1v) is 7.31. The summed E-state index contributed by atoms with van der Waals surface area (Å²) in [7, 11) is 3.30. The van der Waals surface area contributed by atoms with Gasteiger partial charge < -0.3 is 19.9 Å². The van der Waals surface area contributed by atoms with Crippen molar-refractivity contribution in [1.29, 1.82) is 0 Å². The Labute approximate surface area is 121 Å². The third kappa shape index (κ3) is 3.64. The fourth-order valence-electron chi connectivity index (χ4n) is 3.02. The number of aliphatic hydroxyl groups excluding tert-OH is 1. The van der Waals surface area contributed by atoms with Crippen molar-refractivity contribution in [3.8, 4) is 11.5 Å². The molecule has 0 radical (unpaired) electrons. The molecule has 2 atom stereocenters. The van der Waals surface area contributed by atoms with Crippen molar-refractivity contribution in [2.24, 2.45) is 11.8 Å². The SMILES string of the molecule is COc1ccc(CNCC2CCCC2CO)cc1OC. The minimum atomic E-state index is 0.322. The molecule has 2 unspecified atom stereocenters. The zero-order chi connectivity index (χ0) is 14.4. The molecule has 0 spiro atoms. The van der Waals surface area contributed by atoms with Crippen molar-refractivity contribution < 1.29 is 14.6 Å². The van der Waals surface area contributed by atoms with Crippen molar-refractivity contribution in [3.05, 3.63) is 23.8 Å². The Hall–Kier alpha value is -1.26. The monoisotopic (exact) mass is 279 g/mol. The molecule has 20 heavy (non-hydrogen) atoms. The van der Waals surface area contributed by atoms with E-state index < -0.39 is 0 Å². The van der Waals surface area contributed by atoms with Crippen LogP contribution in [0, 0.1) is 11.8 Å². The van der Waals surface area contributed by atoms with Gasteiger partial charge >= 0.3 is 0 Å². The molecule has 0 amide bonds. The quantitative estimate of drug-likeness (QED) is 0.803. The van der Waals surface area contributed by atoms with Crippen LogP contribution in [0.4, 0.5) is 0 Å². The number of nitrogens with one attached hydrogen (secondary N) is 1. The molecular weight excluding hydrogens is 254 g/mol. The standard InChI is InChI=1S/C16H25NO3/c1-19-15-7-6-12(8-16(15)20-2)9-17-10-13-4-3-5-14(13)11-18/h6-8,13-14,17-18H,3-5,9-11H2,1-2H3. The summed E-state index contributed by atoms with van der Waals surface area (Å²) >= 11 is 0. The second-order valence-electron chi connectivity index (χ2n) is 5.45. The number of benzene rings is 1. The van der Waals surface area contributed by atoms with Crippen molar-refractivity contribution in [2.75, 3.05) is 27.4 Å². The van der Waals surface area contributed by atoms with E-state index in [9.17, 15) is 5.11 Å². The molecule has 1 aliphatic rings. The maximum Gasteiger partial charge on any atom is 0.161 e. The Balaban J connectivity index is 1.85. The van der Waals surface area contributed by atoms with Gasteiger partial charge in [-0.15, -0.1) is 0 Å². The summed E-state index contributed by atoms with van der Waals surface area (Å²) in [5.41, 5.74) is 1.18. The smallest absolute Gasteiger partial charge is 0.161 e. The van der Waals surface area contributed by atoms with Crippen LogP contribution in [-0.4, -0.2) is 32.5 Å². The minimum absolute atomic E-state index is 0.322. The molecule has 1 saturated carbocycles. The normalized spacial score (nSPS) is 21.9. The van der Waals surface area contributed by atoms with Gasteiger partial charge in [-0.1, -0.05) is 12.5 Å². The molecule has 4 heteroatoms. The molecule has 0 saturated heterocycles. The molecule has 112 valence electrons. The topological polar surface area (TPSA) is 50.7 Å². The second-order valence-corrected chi connectivity index (χ2v) is 5.45. The molecule has 1 aliphatic carbocycles. The molecule has 2 rings (SSSR count). The molecular formula is C16H25NO3. The molecule has 0 aromatic heterocycles. The highest BCUT2D eigenvalue weighted by molar-refractivity contribution is 5.42. The Kier molecular flexibility index (Phi) is 5.68. The number of ether oxygens (including phenoxy) is 2. The summed E-state index contributed by atoms with van der Waals surface area (Å²) in [4.78, 5) is 0. The maximum absolute atomic E-state index is 9.32. The second kappa shape index (κ2) is 7.50. The number of aliphatic hydroxyl groups is 1. The predicted molar refractivity (Wildman–Crippen MR) is 79.2 cm³/mol. The van der Waals surface area contributed by atoms with E-state index in [1.807, 2.05) is 18.2 Å². The van der Waals surface area contributed by atoms with Gasteiger partial charge in [0.1, 0.15) is 0 Å². The molecule has 1 aromatic carbocycles. The summed E-state index contributed by atoms with van der Waals surface area (Å²) in [5.74, 6) is 2.61. The van der Waals surface area contributed by atoms with Crippen LogP contribution in [0.5, 0.6) is 11.5 Å². The zero-order valence-corrected chi connectivity index (χ0v) is 12.4. The first kappa shape index (κ1) is 15.1. The zero-order valence-electron chi connectivity index (χ0n) is 12.4. The van der Waals surface area contributed by atoms with Crippen LogP contribution in [0.2, 0.25) is 0 Å². The van der Waals surface area contributed by atoms with Gasteiger partial charge in [-0.05, 0) is 48.9 Å². The molecule has 1 aromatic rings. The summed E-state index contributed by atoms with van der Waals surface area (Å²) in [5, 5.41) is 12.8. The first-order chi connectivity index (χ1) is 9.78. The van der Waals surface area contributed by atoms with E-state index >= 15 is 0 Å². The fraction of sp³-hybridized carbons (Fsp3) is 0.625. The lowest BCUT2D eigenvalue weighted by atomic mass is 9.97. The lowest BCUT2D eigenvalue weighted by Crippen LogP contribution is -2.26. The van der Waals surface area contributed by atoms with Crippen LogP contribution in [0.3, 0.4) is 0 Å². The first-order valence-electron chi connectivity index (χ1n) is 7.31. The minimum Gasteiger partial charge on any atom is -0.493 e.